The van der Waals surface area contributed by atoms with Crippen LogP contribution < -0.4 is 4.72 Å². The molecule has 1 saturated heterocycles. The highest BCUT2D eigenvalue weighted by molar-refractivity contribution is 7.89. The fourth-order valence-electron chi connectivity index (χ4n) is 4.15. The summed E-state index contributed by atoms with van der Waals surface area (Å²) in [5, 5.41) is 9.77. The molecule has 1 aromatic carbocycles. The number of sulfonamides is 1. The minimum Gasteiger partial charge on any atom is -0.335 e. The number of rotatable bonds is 7. The van der Waals surface area contributed by atoms with Crippen molar-refractivity contribution in [3.05, 3.63) is 34.1 Å². The lowest BCUT2D eigenvalue weighted by molar-refractivity contribution is -0.151. The van der Waals surface area contributed by atoms with Gasteiger partial charge in [0.05, 0.1) is 21.1 Å². The standard InChI is InChI=1S/C22H23Cl2F3N6O3S2/c1-3-15(22(25,26)27)31-38(35,36)14-8-7-12(16(23)17(14)24)19-18(21(34)33-9-5-4-6-11(33)2)29-20(37-19)13-10-28-32-30-13/h7-8,10-11,15,31H,3-6,9H2,1-2H3,(H,28,30,32)/t11-,15-/m0/s1. The molecule has 1 aliphatic rings. The van der Waals surface area contributed by atoms with Crippen molar-refractivity contribution in [3.8, 4) is 21.1 Å². The van der Waals surface area contributed by atoms with Gasteiger partial charge < -0.3 is 4.90 Å². The van der Waals surface area contributed by atoms with E-state index >= 15 is 0 Å². The van der Waals surface area contributed by atoms with E-state index in [1.165, 1.54) is 19.2 Å². The third kappa shape index (κ3) is 5.69. The van der Waals surface area contributed by atoms with Gasteiger partial charge in [0.2, 0.25) is 10.0 Å². The zero-order valence-electron chi connectivity index (χ0n) is 20.1. The van der Waals surface area contributed by atoms with Crippen LogP contribution in [0.4, 0.5) is 13.2 Å². The van der Waals surface area contributed by atoms with Gasteiger partial charge in [-0.15, -0.1) is 16.4 Å². The number of alkyl halides is 3. The molecule has 0 unspecified atom stereocenters. The molecule has 0 saturated carbocycles. The molecule has 38 heavy (non-hydrogen) atoms. The average Bonchev–Trinajstić information content (AvgIpc) is 3.53. The van der Waals surface area contributed by atoms with Gasteiger partial charge in [-0.3, -0.25) is 9.89 Å². The van der Waals surface area contributed by atoms with Gasteiger partial charge in [-0.25, -0.2) is 13.4 Å². The Balaban J connectivity index is 1.79. The smallest absolute Gasteiger partial charge is 0.335 e. The van der Waals surface area contributed by atoms with Crippen LogP contribution in [-0.2, 0) is 10.0 Å². The number of H-pyrrole nitrogens is 1. The number of halogens is 5. The Labute approximate surface area is 230 Å². The second-order valence-corrected chi connectivity index (χ2v) is 12.2. The molecular weight excluding hydrogens is 588 g/mol. The number of hydrogen-bond acceptors (Lipinski definition) is 7. The van der Waals surface area contributed by atoms with Crippen molar-refractivity contribution < 1.29 is 26.4 Å². The van der Waals surface area contributed by atoms with Crippen LogP contribution in [0.5, 0.6) is 0 Å². The van der Waals surface area contributed by atoms with Crippen molar-refractivity contribution in [3.63, 3.8) is 0 Å². The molecule has 2 N–H and O–H groups in total. The molecule has 0 radical (unpaired) electrons. The summed E-state index contributed by atoms with van der Waals surface area (Å²) in [6.45, 7) is 3.70. The van der Waals surface area contributed by atoms with Crippen LogP contribution in [0.2, 0.25) is 10.0 Å². The van der Waals surface area contributed by atoms with Gasteiger partial charge in [-0.05, 0) is 38.7 Å². The van der Waals surface area contributed by atoms with Crippen molar-refractivity contribution >= 4 is 50.5 Å². The van der Waals surface area contributed by atoms with Crippen LogP contribution in [0.15, 0.2) is 23.2 Å². The van der Waals surface area contributed by atoms with Crippen molar-refractivity contribution in [2.45, 2.75) is 62.7 Å². The van der Waals surface area contributed by atoms with E-state index in [0.717, 1.165) is 36.7 Å². The average molecular weight is 611 g/mol. The molecule has 3 heterocycles. The number of hydrogen-bond donors (Lipinski definition) is 2. The fraction of sp³-hybridized carbons (Fsp3) is 0.455. The van der Waals surface area contributed by atoms with Crippen molar-refractivity contribution in [1.29, 1.82) is 0 Å². The number of thiazole rings is 1. The maximum Gasteiger partial charge on any atom is 0.404 e. The number of carbonyl (C=O) groups is 1. The second-order valence-electron chi connectivity index (χ2n) is 8.77. The maximum atomic E-state index is 13.6. The number of piperidine rings is 1. The number of likely N-dealkylation sites (tertiary alicyclic amines) is 1. The molecule has 3 aromatic rings. The van der Waals surface area contributed by atoms with Crippen LogP contribution in [0.3, 0.4) is 0 Å². The Bertz CT molecular complexity index is 1430. The third-order valence-electron chi connectivity index (χ3n) is 6.22. The summed E-state index contributed by atoms with van der Waals surface area (Å²) < 4.78 is 66.9. The SMILES string of the molecule is CC[C@H](NS(=O)(=O)c1ccc(-c2sc(-c3cnn[nH]3)nc2C(=O)N2CCCC[C@@H]2C)c(Cl)c1Cl)C(F)(F)F. The Morgan fingerprint density at radius 1 is 1.29 bits per heavy atom. The molecule has 1 amide bonds. The Kier molecular flexibility index (Phi) is 8.38. The van der Waals surface area contributed by atoms with E-state index in [1.807, 2.05) is 6.92 Å². The first-order valence-corrected chi connectivity index (χ1v) is 14.7. The summed E-state index contributed by atoms with van der Waals surface area (Å²) >= 11 is 13.9. The molecule has 16 heteroatoms. The minimum absolute atomic E-state index is 0.0131. The number of nitrogens with zero attached hydrogens (tertiary/aromatic N) is 4. The zero-order valence-corrected chi connectivity index (χ0v) is 23.3. The summed E-state index contributed by atoms with van der Waals surface area (Å²) in [4.78, 5) is 19.5. The van der Waals surface area contributed by atoms with Gasteiger partial charge in [0.25, 0.3) is 5.91 Å². The van der Waals surface area contributed by atoms with Gasteiger partial charge in [0, 0.05) is 18.2 Å². The van der Waals surface area contributed by atoms with E-state index in [-0.39, 0.29) is 28.2 Å². The summed E-state index contributed by atoms with van der Waals surface area (Å²) in [7, 11) is -4.68. The normalized spacial score (nSPS) is 17.6. The molecule has 0 aliphatic carbocycles. The maximum absolute atomic E-state index is 13.6. The van der Waals surface area contributed by atoms with Gasteiger partial charge in [0.15, 0.2) is 0 Å². The van der Waals surface area contributed by atoms with Crippen molar-refractivity contribution in [2.24, 2.45) is 0 Å². The van der Waals surface area contributed by atoms with Crippen LogP contribution >= 0.6 is 34.5 Å². The molecule has 206 valence electrons. The Morgan fingerprint density at radius 3 is 2.63 bits per heavy atom. The zero-order chi connectivity index (χ0) is 27.8. The lowest BCUT2D eigenvalue weighted by atomic mass is 10.0. The van der Waals surface area contributed by atoms with E-state index in [9.17, 15) is 26.4 Å². The summed E-state index contributed by atoms with van der Waals surface area (Å²) in [5.74, 6) is -0.330. The summed E-state index contributed by atoms with van der Waals surface area (Å²) in [5.41, 5.74) is 0.747. The molecule has 0 bridgehead atoms. The number of carbonyl (C=O) groups excluding carboxylic acids is 1. The Hall–Kier alpha value is -2.26. The monoisotopic (exact) mass is 610 g/mol. The summed E-state index contributed by atoms with van der Waals surface area (Å²) in [6, 6.07) is 0.0471. The molecule has 2 atom stereocenters. The van der Waals surface area contributed by atoms with Crippen molar-refractivity contribution in [1.82, 2.24) is 30.0 Å². The van der Waals surface area contributed by atoms with Crippen LogP contribution in [0.25, 0.3) is 21.1 Å². The van der Waals surface area contributed by atoms with Crippen molar-refractivity contribution in [2.75, 3.05) is 6.54 Å². The lowest BCUT2D eigenvalue weighted by Gasteiger charge is -2.33. The highest BCUT2D eigenvalue weighted by atomic mass is 35.5. The fourth-order valence-corrected chi connectivity index (χ4v) is 7.42. The molecule has 9 nitrogen and oxygen atoms in total. The first-order valence-electron chi connectivity index (χ1n) is 11.6. The van der Waals surface area contributed by atoms with E-state index in [1.54, 1.807) is 9.62 Å². The topological polar surface area (TPSA) is 121 Å². The number of aromatic nitrogens is 4. The van der Waals surface area contributed by atoms with Gasteiger partial charge in [-0.1, -0.05) is 41.4 Å². The molecule has 2 aromatic heterocycles. The van der Waals surface area contributed by atoms with Crippen LogP contribution in [0, 0.1) is 0 Å². The number of aromatic amines is 1. The summed E-state index contributed by atoms with van der Waals surface area (Å²) in [6.07, 6.45) is -1.20. The van der Waals surface area contributed by atoms with E-state index in [0.29, 0.717) is 22.1 Å². The molecule has 0 spiro atoms. The first kappa shape index (κ1) is 28.7. The van der Waals surface area contributed by atoms with E-state index in [4.69, 9.17) is 23.2 Å². The number of amides is 1. The second kappa shape index (κ2) is 11.1. The molecule has 4 rings (SSSR count). The van der Waals surface area contributed by atoms with Gasteiger partial charge >= 0.3 is 6.18 Å². The highest BCUT2D eigenvalue weighted by Crippen LogP contribution is 2.43. The number of benzene rings is 1. The molecule has 1 aliphatic heterocycles. The third-order valence-corrected chi connectivity index (χ3v) is 9.85. The molecular formula is C22H23Cl2F3N6O3S2. The Morgan fingerprint density at radius 2 is 2.03 bits per heavy atom. The lowest BCUT2D eigenvalue weighted by Crippen LogP contribution is -2.44. The molecule has 1 fully saturated rings. The first-order chi connectivity index (χ1) is 17.8. The largest absolute Gasteiger partial charge is 0.404 e. The highest BCUT2D eigenvalue weighted by Gasteiger charge is 2.41. The minimum atomic E-state index is -4.79. The predicted octanol–water partition coefficient (Wildman–Crippen LogP) is 5.54. The van der Waals surface area contributed by atoms with E-state index < -0.39 is 38.6 Å². The number of nitrogens with one attached hydrogen (secondary N) is 2. The predicted molar refractivity (Wildman–Crippen MR) is 138 cm³/mol. The van der Waals surface area contributed by atoms with Crippen LogP contribution in [0.1, 0.15) is 50.0 Å². The van der Waals surface area contributed by atoms with Gasteiger partial charge in [0.1, 0.15) is 27.3 Å². The van der Waals surface area contributed by atoms with Gasteiger partial charge in [-0.2, -0.15) is 17.9 Å². The quantitative estimate of drug-likeness (QED) is 0.362. The van der Waals surface area contributed by atoms with Crippen LogP contribution in [-0.4, -0.2) is 64.4 Å². The van der Waals surface area contributed by atoms with E-state index in [2.05, 4.69) is 20.4 Å².